The molecule has 6 nitrogen and oxygen atoms in total. The highest BCUT2D eigenvalue weighted by molar-refractivity contribution is 7.91. The van der Waals surface area contributed by atoms with Crippen molar-refractivity contribution < 1.29 is 17.9 Å². The lowest BCUT2D eigenvalue weighted by molar-refractivity contribution is -0.149. The molecule has 0 N–H and O–H groups in total. The fraction of sp³-hybridized carbons (Fsp3) is 0.538. The zero-order valence-corrected chi connectivity index (χ0v) is 13.2. The molecule has 1 atom stereocenters. The number of piperidine rings is 1. The van der Waals surface area contributed by atoms with Crippen molar-refractivity contribution in [2.45, 2.75) is 24.0 Å². The van der Waals surface area contributed by atoms with Crippen molar-refractivity contribution in [3.05, 3.63) is 17.0 Å². The molecular weight excluding hydrogens is 312 g/mol. The molecule has 2 rings (SSSR count). The van der Waals surface area contributed by atoms with Crippen LogP contribution in [0.1, 0.15) is 24.6 Å². The van der Waals surface area contributed by atoms with Gasteiger partial charge in [-0.15, -0.1) is 11.3 Å². The van der Waals surface area contributed by atoms with Gasteiger partial charge in [0.1, 0.15) is 15.2 Å². The van der Waals surface area contributed by atoms with Gasteiger partial charge in [-0.1, -0.05) is 0 Å². The van der Waals surface area contributed by atoms with E-state index in [1.807, 2.05) is 6.07 Å². The monoisotopic (exact) mass is 328 g/mol. The Labute approximate surface area is 128 Å². The fourth-order valence-corrected chi connectivity index (χ4v) is 5.04. The molecule has 0 spiro atoms. The first-order chi connectivity index (χ1) is 9.98. The van der Waals surface area contributed by atoms with Gasteiger partial charge in [-0.3, -0.25) is 4.79 Å². The predicted molar refractivity (Wildman–Crippen MR) is 77.1 cm³/mol. The van der Waals surface area contributed by atoms with Crippen LogP contribution in [-0.4, -0.2) is 38.4 Å². The molecule has 21 heavy (non-hydrogen) atoms. The molecule has 2 heterocycles. The summed E-state index contributed by atoms with van der Waals surface area (Å²) < 4.78 is 31.5. The molecule has 114 valence electrons. The average molecular weight is 328 g/mol. The summed E-state index contributed by atoms with van der Waals surface area (Å²) in [6.07, 6.45) is 1.26. The largest absolute Gasteiger partial charge is 0.466 e. The summed E-state index contributed by atoms with van der Waals surface area (Å²) in [6, 6.07) is 4.85. The normalized spacial score (nSPS) is 19.9. The summed E-state index contributed by atoms with van der Waals surface area (Å²) in [6.45, 7) is 2.54. The topological polar surface area (TPSA) is 87.5 Å². The molecule has 1 aromatic heterocycles. The van der Waals surface area contributed by atoms with Gasteiger partial charge in [-0.25, -0.2) is 8.42 Å². The minimum absolute atomic E-state index is 0.140. The van der Waals surface area contributed by atoms with Crippen LogP contribution in [0.5, 0.6) is 0 Å². The molecule has 0 unspecified atom stereocenters. The second-order valence-electron chi connectivity index (χ2n) is 4.68. The van der Waals surface area contributed by atoms with E-state index in [9.17, 15) is 13.2 Å². The van der Waals surface area contributed by atoms with E-state index in [0.717, 1.165) is 11.3 Å². The van der Waals surface area contributed by atoms with Crippen molar-refractivity contribution >= 4 is 27.3 Å². The predicted octanol–water partition coefficient (Wildman–Crippen LogP) is 1.58. The van der Waals surface area contributed by atoms with Crippen molar-refractivity contribution in [2.24, 2.45) is 5.92 Å². The molecule has 1 aliphatic rings. The van der Waals surface area contributed by atoms with Gasteiger partial charge in [0, 0.05) is 13.1 Å². The molecular formula is C13H16N2O4S2. The highest BCUT2D eigenvalue weighted by Gasteiger charge is 2.34. The first-order valence-electron chi connectivity index (χ1n) is 6.65. The third-order valence-electron chi connectivity index (χ3n) is 3.29. The van der Waals surface area contributed by atoms with Crippen molar-refractivity contribution in [1.29, 1.82) is 5.26 Å². The second-order valence-corrected chi connectivity index (χ2v) is 7.93. The number of rotatable bonds is 4. The highest BCUT2D eigenvalue weighted by atomic mass is 32.2. The minimum Gasteiger partial charge on any atom is -0.466 e. The van der Waals surface area contributed by atoms with E-state index in [1.165, 1.54) is 16.4 Å². The van der Waals surface area contributed by atoms with Gasteiger partial charge in [0.05, 0.1) is 12.5 Å². The van der Waals surface area contributed by atoms with Gasteiger partial charge in [0.25, 0.3) is 10.0 Å². The van der Waals surface area contributed by atoms with Crippen LogP contribution in [0.25, 0.3) is 0 Å². The number of nitriles is 1. The van der Waals surface area contributed by atoms with E-state index in [1.54, 1.807) is 6.92 Å². The van der Waals surface area contributed by atoms with Gasteiger partial charge in [-0.05, 0) is 31.9 Å². The number of carbonyl (C=O) groups excluding carboxylic acids is 1. The number of hydrogen-bond donors (Lipinski definition) is 0. The van der Waals surface area contributed by atoms with Crippen LogP contribution in [-0.2, 0) is 19.6 Å². The summed E-state index contributed by atoms with van der Waals surface area (Å²) in [5, 5.41) is 8.79. The molecule has 1 aliphatic heterocycles. The first-order valence-corrected chi connectivity index (χ1v) is 8.91. The molecule has 0 aliphatic carbocycles. The molecule has 1 aromatic rings. The van der Waals surface area contributed by atoms with Crippen molar-refractivity contribution in [3.63, 3.8) is 0 Å². The Morgan fingerprint density at radius 2 is 2.33 bits per heavy atom. The van der Waals surface area contributed by atoms with E-state index < -0.39 is 15.9 Å². The Balaban J connectivity index is 2.16. The molecule has 1 fully saturated rings. The molecule has 0 bridgehead atoms. The maximum atomic E-state index is 12.5. The average Bonchev–Trinajstić information content (AvgIpc) is 2.97. The van der Waals surface area contributed by atoms with Gasteiger partial charge in [0.2, 0.25) is 0 Å². The Morgan fingerprint density at radius 3 is 2.95 bits per heavy atom. The summed E-state index contributed by atoms with van der Waals surface area (Å²) in [5.74, 6) is -0.759. The lowest BCUT2D eigenvalue weighted by Gasteiger charge is -2.30. The Morgan fingerprint density at radius 1 is 1.57 bits per heavy atom. The molecule has 8 heteroatoms. The smallest absolute Gasteiger partial charge is 0.310 e. The standard InChI is InChI=1S/C13H16N2O4S2/c1-2-19-13(16)10-4-3-7-15(9-10)21(17,18)12-6-5-11(8-14)20-12/h5-6,10H,2-4,7,9H2,1H3/t10-/m0/s1. The second kappa shape index (κ2) is 6.56. The van der Waals surface area contributed by atoms with E-state index in [2.05, 4.69) is 0 Å². The summed E-state index contributed by atoms with van der Waals surface area (Å²) in [4.78, 5) is 12.1. The van der Waals surface area contributed by atoms with E-state index in [0.29, 0.717) is 30.9 Å². The zero-order chi connectivity index (χ0) is 15.5. The van der Waals surface area contributed by atoms with Crippen molar-refractivity contribution in [3.8, 4) is 6.07 Å². The third kappa shape index (κ3) is 3.43. The number of carbonyl (C=O) groups is 1. The van der Waals surface area contributed by atoms with Crippen LogP contribution in [0.15, 0.2) is 16.3 Å². The summed E-state index contributed by atoms with van der Waals surface area (Å²) in [7, 11) is -3.64. The first kappa shape index (κ1) is 15.9. The molecule has 0 amide bonds. The van der Waals surface area contributed by atoms with Crippen LogP contribution in [0, 0.1) is 17.2 Å². The van der Waals surface area contributed by atoms with E-state index >= 15 is 0 Å². The quantitative estimate of drug-likeness (QED) is 0.783. The Kier molecular flexibility index (Phi) is 4.98. The van der Waals surface area contributed by atoms with Crippen LogP contribution in [0.2, 0.25) is 0 Å². The Hall–Kier alpha value is -1.43. The van der Waals surface area contributed by atoms with Crippen LogP contribution in [0.4, 0.5) is 0 Å². The summed E-state index contributed by atoms with van der Waals surface area (Å²) >= 11 is 0.946. The van der Waals surface area contributed by atoms with Crippen LogP contribution >= 0.6 is 11.3 Å². The molecule has 0 radical (unpaired) electrons. The maximum Gasteiger partial charge on any atom is 0.310 e. The number of sulfonamides is 1. The van der Waals surface area contributed by atoms with Gasteiger partial charge in [-0.2, -0.15) is 9.57 Å². The molecule has 0 aromatic carbocycles. The molecule has 1 saturated heterocycles. The minimum atomic E-state index is -3.64. The highest BCUT2D eigenvalue weighted by Crippen LogP contribution is 2.28. The maximum absolute atomic E-state index is 12.5. The number of ether oxygens (including phenoxy) is 1. The van der Waals surface area contributed by atoms with Crippen LogP contribution in [0.3, 0.4) is 0 Å². The van der Waals surface area contributed by atoms with Gasteiger partial charge < -0.3 is 4.74 Å². The van der Waals surface area contributed by atoms with Crippen LogP contribution < -0.4 is 0 Å². The fourth-order valence-electron chi connectivity index (χ4n) is 2.26. The number of nitrogens with zero attached hydrogens (tertiary/aromatic N) is 2. The number of thiophene rings is 1. The molecule has 0 saturated carbocycles. The lowest BCUT2D eigenvalue weighted by Crippen LogP contribution is -2.42. The van der Waals surface area contributed by atoms with Gasteiger partial charge in [0.15, 0.2) is 0 Å². The van der Waals surface area contributed by atoms with E-state index in [-0.39, 0.29) is 16.7 Å². The lowest BCUT2D eigenvalue weighted by atomic mass is 10.0. The summed E-state index contributed by atoms with van der Waals surface area (Å²) in [5.41, 5.74) is 0. The zero-order valence-electron chi connectivity index (χ0n) is 11.6. The van der Waals surface area contributed by atoms with Crippen molar-refractivity contribution in [2.75, 3.05) is 19.7 Å². The number of esters is 1. The van der Waals surface area contributed by atoms with E-state index in [4.69, 9.17) is 10.00 Å². The Bertz CT molecular complexity index is 660. The SMILES string of the molecule is CCOC(=O)[C@H]1CCCN(S(=O)(=O)c2ccc(C#N)s2)C1. The third-order valence-corrected chi connectivity index (χ3v) is 6.61. The number of hydrogen-bond acceptors (Lipinski definition) is 6. The van der Waals surface area contributed by atoms with Gasteiger partial charge >= 0.3 is 5.97 Å². The van der Waals surface area contributed by atoms with Crippen molar-refractivity contribution in [1.82, 2.24) is 4.31 Å².